The van der Waals surface area contributed by atoms with Crippen LogP contribution in [0.3, 0.4) is 0 Å². The van der Waals surface area contributed by atoms with Crippen LogP contribution in [-0.4, -0.2) is 22.1 Å². The second kappa shape index (κ2) is 8.32. The number of hydrogen-bond donors (Lipinski definition) is 0. The Morgan fingerprint density at radius 1 is 1.22 bits per heavy atom. The van der Waals surface area contributed by atoms with E-state index in [1.165, 1.54) is 18.4 Å². The summed E-state index contributed by atoms with van der Waals surface area (Å²) in [5.41, 5.74) is 1.29. The van der Waals surface area contributed by atoms with Gasteiger partial charge in [0, 0.05) is 12.0 Å². The van der Waals surface area contributed by atoms with Crippen molar-refractivity contribution in [2.75, 3.05) is 6.61 Å². The van der Waals surface area contributed by atoms with Gasteiger partial charge in [0.25, 0.3) is 0 Å². The lowest BCUT2D eigenvalue weighted by Crippen LogP contribution is -2.28. The van der Waals surface area contributed by atoms with Gasteiger partial charge in [-0.05, 0) is 45.6 Å². The summed E-state index contributed by atoms with van der Waals surface area (Å²) in [5.74, 6) is 0. The van der Waals surface area contributed by atoms with E-state index in [2.05, 4.69) is 16.5 Å². The lowest BCUT2D eigenvalue weighted by atomic mass is 9.84. The van der Waals surface area contributed by atoms with Crippen LogP contribution >= 0.6 is 0 Å². The van der Waals surface area contributed by atoms with Crippen LogP contribution in [0.15, 0.2) is 34.7 Å². The number of hydrogen-bond acceptors (Lipinski definition) is 3. The predicted molar refractivity (Wildman–Crippen MR) is 98.0 cm³/mol. The third-order valence-corrected chi connectivity index (χ3v) is 5.75. The summed E-state index contributed by atoms with van der Waals surface area (Å²) in [6.45, 7) is 7.27. The first-order chi connectivity index (χ1) is 10.9. The van der Waals surface area contributed by atoms with Crippen molar-refractivity contribution in [1.82, 2.24) is 0 Å². The fraction of sp³-hybridized carbons (Fsp3) is 0.632. The van der Waals surface area contributed by atoms with Gasteiger partial charge in [0.2, 0.25) is 0 Å². The van der Waals surface area contributed by atoms with E-state index in [1.807, 2.05) is 45.2 Å². The number of nitrogens with zero attached hydrogens (tertiary/aromatic N) is 1. The molecule has 1 aliphatic carbocycles. The molecule has 0 N–H and O–H groups in total. The highest BCUT2D eigenvalue weighted by molar-refractivity contribution is 7.91. The molecule has 0 unspecified atom stereocenters. The largest absolute Gasteiger partial charge is 0.591 e. The van der Waals surface area contributed by atoms with Gasteiger partial charge in [-0.1, -0.05) is 47.6 Å². The normalized spacial score (nSPS) is 19.3. The lowest BCUT2D eigenvalue weighted by molar-refractivity contribution is 0.100. The van der Waals surface area contributed by atoms with E-state index in [4.69, 9.17) is 4.74 Å². The smallest absolute Gasteiger partial charge is 0.144 e. The predicted octanol–water partition coefficient (Wildman–Crippen LogP) is 4.69. The molecule has 2 rings (SSSR count). The van der Waals surface area contributed by atoms with Crippen molar-refractivity contribution in [3.8, 4) is 0 Å². The average molecular weight is 336 g/mol. The first kappa shape index (κ1) is 18.5. The summed E-state index contributed by atoms with van der Waals surface area (Å²) >= 11 is -1.17. The molecule has 0 aliphatic heterocycles. The van der Waals surface area contributed by atoms with Crippen LogP contribution in [0.4, 0.5) is 0 Å². The van der Waals surface area contributed by atoms with Crippen LogP contribution in [0, 0.1) is 5.41 Å². The highest BCUT2D eigenvalue weighted by Gasteiger charge is 2.34. The van der Waals surface area contributed by atoms with Gasteiger partial charge in [0.05, 0.1) is 12.8 Å². The molecule has 1 fully saturated rings. The molecule has 0 bridgehead atoms. The van der Waals surface area contributed by atoms with E-state index in [0.29, 0.717) is 6.61 Å². The molecule has 1 saturated carbocycles. The molecule has 128 valence electrons. The fourth-order valence-electron chi connectivity index (χ4n) is 2.88. The Hall–Kier alpha value is -0.840. The van der Waals surface area contributed by atoms with E-state index >= 15 is 0 Å². The zero-order valence-electron chi connectivity index (χ0n) is 14.6. The van der Waals surface area contributed by atoms with Crippen molar-refractivity contribution in [3.05, 3.63) is 35.9 Å². The van der Waals surface area contributed by atoms with E-state index in [9.17, 15) is 4.55 Å². The molecule has 1 aromatic carbocycles. The van der Waals surface area contributed by atoms with E-state index in [-0.39, 0.29) is 10.2 Å². The SMILES string of the molecule is CC(C)(C)[S@@+]([O-])N=CC1(CCOCc2ccccc2)CCCC1. The van der Waals surface area contributed by atoms with Gasteiger partial charge in [0.1, 0.15) is 16.1 Å². The summed E-state index contributed by atoms with van der Waals surface area (Å²) in [6, 6.07) is 10.2. The standard InChI is InChI=1S/C19H29NO2S/c1-18(2,3)23(21)20-16-19(11-7-8-12-19)13-14-22-15-17-9-5-4-6-10-17/h4-6,9-10,16H,7-8,11-15H2,1-3H3/t23-/m1/s1. The third kappa shape index (κ3) is 5.94. The zero-order chi connectivity index (χ0) is 16.8. The van der Waals surface area contributed by atoms with Crippen LogP contribution in [0.1, 0.15) is 58.4 Å². The molecular formula is C19H29NO2S. The summed E-state index contributed by atoms with van der Waals surface area (Å²) in [7, 11) is 0. The van der Waals surface area contributed by atoms with E-state index < -0.39 is 11.4 Å². The number of rotatable bonds is 7. The van der Waals surface area contributed by atoms with Crippen molar-refractivity contribution in [3.63, 3.8) is 0 Å². The molecule has 3 nitrogen and oxygen atoms in total. The van der Waals surface area contributed by atoms with Gasteiger partial charge < -0.3 is 9.29 Å². The zero-order valence-corrected chi connectivity index (χ0v) is 15.4. The van der Waals surface area contributed by atoms with Gasteiger partial charge in [-0.15, -0.1) is 0 Å². The maximum atomic E-state index is 12.2. The molecule has 0 heterocycles. The monoisotopic (exact) mass is 335 g/mol. The van der Waals surface area contributed by atoms with E-state index in [1.54, 1.807) is 0 Å². The van der Waals surface area contributed by atoms with Crippen LogP contribution in [0.2, 0.25) is 0 Å². The molecular weight excluding hydrogens is 306 g/mol. The number of ether oxygens (including phenoxy) is 1. The Labute approximate surface area is 143 Å². The molecule has 0 amide bonds. The highest BCUT2D eigenvalue weighted by Crippen LogP contribution is 2.40. The van der Waals surface area contributed by atoms with Crippen molar-refractivity contribution in [2.24, 2.45) is 9.81 Å². The Kier molecular flexibility index (Phi) is 6.69. The molecule has 0 saturated heterocycles. The maximum Gasteiger partial charge on any atom is 0.144 e. The minimum atomic E-state index is -1.17. The molecule has 1 atom stereocenters. The Morgan fingerprint density at radius 3 is 2.48 bits per heavy atom. The van der Waals surface area contributed by atoms with E-state index in [0.717, 1.165) is 25.9 Å². The quantitative estimate of drug-likeness (QED) is 0.412. The van der Waals surface area contributed by atoms with Gasteiger partial charge >= 0.3 is 0 Å². The molecule has 1 aliphatic rings. The first-order valence-corrected chi connectivity index (χ1v) is 9.61. The molecule has 23 heavy (non-hydrogen) atoms. The minimum Gasteiger partial charge on any atom is -0.591 e. The van der Waals surface area contributed by atoms with Gasteiger partial charge in [-0.2, -0.15) is 0 Å². The Morgan fingerprint density at radius 2 is 1.87 bits per heavy atom. The topological polar surface area (TPSA) is 44.7 Å². The molecule has 0 radical (unpaired) electrons. The second-order valence-corrected chi connectivity index (χ2v) is 9.39. The van der Waals surface area contributed by atoms with Crippen molar-refractivity contribution >= 4 is 17.6 Å². The summed E-state index contributed by atoms with van der Waals surface area (Å²) < 4.78 is 22.1. The van der Waals surface area contributed by atoms with Crippen molar-refractivity contribution in [2.45, 2.75) is 64.2 Å². The van der Waals surface area contributed by atoms with Crippen molar-refractivity contribution < 1.29 is 9.29 Å². The van der Waals surface area contributed by atoms with Crippen LogP contribution < -0.4 is 0 Å². The van der Waals surface area contributed by atoms with Crippen molar-refractivity contribution in [1.29, 1.82) is 0 Å². The van der Waals surface area contributed by atoms with Crippen LogP contribution in [0.5, 0.6) is 0 Å². The summed E-state index contributed by atoms with van der Waals surface area (Å²) in [6.07, 6.45) is 7.66. The minimum absolute atomic E-state index is 0.0810. The number of benzene rings is 1. The average Bonchev–Trinajstić information content (AvgIpc) is 2.99. The Bertz CT molecular complexity index is 490. The Balaban J connectivity index is 1.84. The fourth-order valence-corrected chi connectivity index (χ4v) is 3.52. The molecule has 0 aromatic heterocycles. The van der Waals surface area contributed by atoms with Crippen LogP contribution in [-0.2, 0) is 22.7 Å². The maximum absolute atomic E-state index is 12.2. The van der Waals surface area contributed by atoms with Gasteiger partial charge in [-0.25, -0.2) is 0 Å². The summed E-state index contributed by atoms with van der Waals surface area (Å²) in [5, 5.41) is 0. The highest BCUT2D eigenvalue weighted by atomic mass is 32.2. The third-order valence-electron chi connectivity index (χ3n) is 4.40. The van der Waals surface area contributed by atoms with Crippen LogP contribution in [0.25, 0.3) is 0 Å². The van der Waals surface area contributed by atoms with Gasteiger partial charge in [-0.3, -0.25) is 0 Å². The first-order valence-electron chi connectivity index (χ1n) is 8.50. The second-order valence-electron chi connectivity index (χ2n) is 7.45. The summed E-state index contributed by atoms with van der Waals surface area (Å²) in [4.78, 5) is 0. The van der Waals surface area contributed by atoms with Gasteiger partial charge in [0.15, 0.2) is 0 Å². The molecule has 0 spiro atoms. The molecule has 1 aromatic rings. The lowest BCUT2D eigenvalue weighted by Gasteiger charge is -2.25. The molecule has 4 heteroatoms.